The van der Waals surface area contributed by atoms with Crippen molar-refractivity contribution < 1.29 is 29.0 Å². The number of rotatable bonds is 4. The van der Waals surface area contributed by atoms with Crippen molar-refractivity contribution >= 4 is 18.2 Å². The van der Waals surface area contributed by atoms with Crippen molar-refractivity contribution in [2.75, 3.05) is 6.54 Å². The smallest absolute Gasteiger partial charge is 0.411 e. The number of carbonyl (C=O) groups is 3. The van der Waals surface area contributed by atoms with Gasteiger partial charge in [-0.3, -0.25) is 4.90 Å². The number of carboxylic acid groups (broad SMARTS) is 1. The van der Waals surface area contributed by atoms with Gasteiger partial charge in [-0.2, -0.15) is 0 Å². The Balaban J connectivity index is 1.89. The minimum Gasteiger partial charge on any atom is -0.480 e. The monoisotopic (exact) mass is 378 g/mol. The van der Waals surface area contributed by atoms with Gasteiger partial charge in [0.15, 0.2) is 0 Å². The first kappa shape index (κ1) is 20.5. The molecule has 27 heavy (non-hydrogen) atoms. The summed E-state index contributed by atoms with van der Waals surface area (Å²) in [4.78, 5) is 37.0. The van der Waals surface area contributed by atoms with E-state index < -0.39 is 35.8 Å². The lowest BCUT2D eigenvalue weighted by Crippen LogP contribution is -2.55. The Morgan fingerprint density at radius 3 is 2.48 bits per heavy atom. The normalized spacial score (nSPS) is 19.9. The Hall–Kier alpha value is -2.77. The van der Waals surface area contributed by atoms with Gasteiger partial charge in [0.2, 0.25) is 0 Å². The zero-order valence-corrected chi connectivity index (χ0v) is 15.8. The SMILES string of the molecule is CC(C)(C)OC(=O)N1CC[C@@H](NC(=O)OCc2ccccc2)C[C@H]1C(=O)O. The highest BCUT2D eigenvalue weighted by Crippen LogP contribution is 2.21. The fourth-order valence-corrected chi connectivity index (χ4v) is 2.80. The van der Waals surface area contributed by atoms with Crippen molar-refractivity contribution in [3.8, 4) is 0 Å². The minimum absolute atomic E-state index is 0.0923. The van der Waals surface area contributed by atoms with Crippen molar-refractivity contribution in [3.63, 3.8) is 0 Å². The van der Waals surface area contributed by atoms with Crippen LogP contribution >= 0.6 is 0 Å². The number of piperidine rings is 1. The molecule has 1 saturated heterocycles. The number of hydrogen-bond acceptors (Lipinski definition) is 5. The van der Waals surface area contributed by atoms with Gasteiger partial charge in [-0.25, -0.2) is 14.4 Å². The largest absolute Gasteiger partial charge is 0.480 e. The second-order valence-corrected chi connectivity index (χ2v) is 7.46. The van der Waals surface area contributed by atoms with Gasteiger partial charge in [0.05, 0.1) is 0 Å². The van der Waals surface area contributed by atoms with E-state index in [0.717, 1.165) is 5.56 Å². The molecule has 8 nitrogen and oxygen atoms in total. The third kappa shape index (κ3) is 6.47. The fraction of sp³-hybridized carbons (Fsp3) is 0.526. The van der Waals surface area contributed by atoms with Crippen LogP contribution in [0.15, 0.2) is 30.3 Å². The van der Waals surface area contributed by atoms with Crippen molar-refractivity contribution in [3.05, 3.63) is 35.9 Å². The van der Waals surface area contributed by atoms with E-state index in [0.29, 0.717) is 6.42 Å². The highest BCUT2D eigenvalue weighted by atomic mass is 16.6. The predicted molar refractivity (Wildman–Crippen MR) is 97.1 cm³/mol. The van der Waals surface area contributed by atoms with Crippen LogP contribution in [0.3, 0.4) is 0 Å². The summed E-state index contributed by atoms with van der Waals surface area (Å²) in [7, 11) is 0. The molecule has 0 bridgehead atoms. The Morgan fingerprint density at radius 2 is 1.89 bits per heavy atom. The summed E-state index contributed by atoms with van der Waals surface area (Å²) in [5.41, 5.74) is 0.145. The third-order valence-corrected chi connectivity index (χ3v) is 4.05. The van der Waals surface area contributed by atoms with Gasteiger partial charge in [0.25, 0.3) is 0 Å². The van der Waals surface area contributed by atoms with E-state index in [-0.39, 0.29) is 19.6 Å². The zero-order chi connectivity index (χ0) is 20.0. The van der Waals surface area contributed by atoms with Crippen LogP contribution in [0.5, 0.6) is 0 Å². The van der Waals surface area contributed by atoms with Crippen molar-refractivity contribution in [2.24, 2.45) is 0 Å². The van der Waals surface area contributed by atoms with Gasteiger partial charge in [-0.1, -0.05) is 30.3 Å². The number of benzene rings is 1. The van der Waals surface area contributed by atoms with Gasteiger partial charge in [0, 0.05) is 12.6 Å². The molecule has 0 saturated carbocycles. The topological polar surface area (TPSA) is 105 Å². The number of amides is 2. The number of ether oxygens (including phenoxy) is 2. The molecule has 148 valence electrons. The fourth-order valence-electron chi connectivity index (χ4n) is 2.80. The first-order valence-corrected chi connectivity index (χ1v) is 8.85. The molecule has 0 radical (unpaired) electrons. The highest BCUT2D eigenvalue weighted by Gasteiger charge is 2.38. The zero-order valence-electron chi connectivity index (χ0n) is 15.8. The molecule has 1 heterocycles. The van der Waals surface area contributed by atoms with Crippen LogP contribution in [0.2, 0.25) is 0 Å². The van der Waals surface area contributed by atoms with Gasteiger partial charge in [-0.05, 0) is 39.2 Å². The van der Waals surface area contributed by atoms with Gasteiger partial charge >= 0.3 is 18.2 Å². The molecule has 0 unspecified atom stereocenters. The maximum Gasteiger partial charge on any atom is 0.411 e. The summed E-state index contributed by atoms with van der Waals surface area (Å²) in [5, 5.41) is 12.1. The number of alkyl carbamates (subject to hydrolysis) is 1. The molecule has 2 rings (SSSR count). The lowest BCUT2D eigenvalue weighted by molar-refractivity contribution is -0.144. The van der Waals surface area contributed by atoms with Crippen LogP contribution in [0, 0.1) is 0 Å². The van der Waals surface area contributed by atoms with E-state index in [1.54, 1.807) is 20.8 Å². The summed E-state index contributed by atoms with van der Waals surface area (Å²) in [5.74, 6) is -1.13. The molecule has 8 heteroatoms. The molecule has 0 aromatic heterocycles. The third-order valence-electron chi connectivity index (χ3n) is 4.05. The molecular formula is C19H26N2O6. The molecule has 0 aliphatic carbocycles. The lowest BCUT2D eigenvalue weighted by atomic mass is 9.97. The molecule has 2 N–H and O–H groups in total. The van der Waals surface area contributed by atoms with Crippen LogP contribution in [0.1, 0.15) is 39.2 Å². The average Bonchev–Trinajstić information content (AvgIpc) is 2.59. The molecule has 1 fully saturated rings. The Kier molecular flexibility index (Phi) is 6.65. The second kappa shape index (κ2) is 8.75. The standard InChI is InChI=1S/C19H26N2O6/c1-19(2,3)27-18(25)21-10-9-14(11-15(21)16(22)23)20-17(24)26-12-13-7-5-4-6-8-13/h4-8,14-15H,9-12H2,1-3H3,(H,20,24)(H,22,23)/t14-,15+/m1/s1. The first-order valence-electron chi connectivity index (χ1n) is 8.85. The molecule has 2 atom stereocenters. The summed E-state index contributed by atoms with van der Waals surface area (Å²) in [6, 6.07) is 7.79. The molecule has 1 aromatic carbocycles. The van der Waals surface area contributed by atoms with Gasteiger partial charge < -0.3 is 19.9 Å². The number of nitrogens with one attached hydrogen (secondary N) is 1. The highest BCUT2D eigenvalue weighted by molar-refractivity contribution is 5.80. The Labute approximate surface area is 158 Å². The maximum atomic E-state index is 12.2. The van der Waals surface area contributed by atoms with E-state index in [9.17, 15) is 19.5 Å². The molecule has 1 aliphatic heterocycles. The van der Waals surface area contributed by atoms with E-state index >= 15 is 0 Å². The molecule has 1 aliphatic rings. The van der Waals surface area contributed by atoms with Crippen LogP contribution in [0.4, 0.5) is 9.59 Å². The number of hydrogen-bond donors (Lipinski definition) is 2. The first-order chi connectivity index (χ1) is 12.7. The molecule has 1 aromatic rings. The van der Waals surface area contributed by atoms with E-state index in [4.69, 9.17) is 9.47 Å². The number of carboxylic acids is 1. The van der Waals surface area contributed by atoms with Crippen LogP contribution in [0.25, 0.3) is 0 Å². The second-order valence-electron chi connectivity index (χ2n) is 7.46. The summed E-state index contributed by atoms with van der Waals surface area (Å²) in [6.45, 7) is 5.47. The Bertz CT molecular complexity index is 671. The van der Waals surface area contributed by atoms with E-state index in [2.05, 4.69) is 5.32 Å². The number of likely N-dealkylation sites (tertiary alicyclic amines) is 1. The quantitative estimate of drug-likeness (QED) is 0.835. The van der Waals surface area contributed by atoms with Gasteiger partial charge in [0.1, 0.15) is 18.2 Å². The average molecular weight is 378 g/mol. The molecular weight excluding hydrogens is 352 g/mol. The summed E-state index contributed by atoms with van der Waals surface area (Å²) < 4.78 is 10.4. The Morgan fingerprint density at radius 1 is 1.22 bits per heavy atom. The summed E-state index contributed by atoms with van der Waals surface area (Å²) >= 11 is 0. The van der Waals surface area contributed by atoms with Crippen molar-refractivity contribution in [1.29, 1.82) is 0 Å². The predicted octanol–water partition coefficient (Wildman–Crippen LogP) is 2.77. The summed E-state index contributed by atoms with van der Waals surface area (Å²) in [6.07, 6.45) is -0.767. The van der Waals surface area contributed by atoms with E-state index in [1.807, 2.05) is 30.3 Å². The number of carbonyl (C=O) groups excluding carboxylic acids is 2. The number of nitrogens with zero attached hydrogens (tertiary/aromatic N) is 1. The van der Waals surface area contributed by atoms with Crippen LogP contribution in [-0.2, 0) is 20.9 Å². The van der Waals surface area contributed by atoms with Crippen molar-refractivity contribution in [2.45, 2.75) is 57.9 Å². The minimum atomic E-state index is -1.13. The molecule has 2 amide bonds. The molecule has 0 spiro atoms. The van der Waals surface area contributed by atoms with Crippen LogP contribution < -0.4 is 5.32 Å². The maximum absolute atomic E-state index is 12.2. The van der Waals surface area contributed by atoms with Crippen LogP contribution in [-0.4, -0.2) is 52.4 Å². The van der Waals surface area contributed by atoms with Gasteiger partial charge in [-0.15, -0.1) is 0 Å². The van der Waals surface area contributed by atoms with E-state index in [1.165, 1.54) is 4.90 Å². The number of aliphatic carboxylic acids is 1. The lowest BCUT2D eigenvalue weighted by Gasteiger charge is -2.37. The van der Waals surface area contributed by atoms with Crippen molar-refractivity contribution in [1.82, 2.24) is 10.2 Å².